The molecule has 1 aromatic rings. The van der Waals surface area contributed by atoms with Gasteiger partial charge >= 0.3 is 35.8 Å². The molecule has 2 saturated heterocycles. The summed E-state index contributed by atoms with van der Waals surface area (Å²) in [6, 6.07) is 2.12. The molecule has 2 aliphatic heterocycles. The molecule has 274 valence electrons. The third-order valence-corrected chi connectivity index (χ3v) is 11.5. The Morgan fingerprint density at radius 1 is 0.540 bits per heavy atom. The fourth-order valence-electron chi connectivity index (χ4n) is 4.26. The molecular weight excluding hydrogens is 729 g/mol. The van der Waals surface area contributed by atoms with Crippen LogP contribution < -0.4 is 0 Å². The highest BCUT2D eigenvalue weighted by molar-refractivity contribution is 8.01. The molecule has 0 bridgehead atoms. The maximum atomic E-state index is 13.8. The first-order chi connectivity index (χ1) is 24.0. The van der Waals surface area contributed by atoms with Crippen molar-refractivity contribution < 1.29 is 57.2 Å². The van der Waals surface area contributed by atoms with E-state index >= 15 is 0 Å². The highest BCUT2D eigenvalue weighted by atomic mass is 32.2. The molecule has 2 fully saturated rings. The summed E-state index contributed by atoms with van der Waals surface area (Å²) >= 11 is 6.62. The number of esters is 6. The third-order valence-electron chi connectivity index (χ3n) is 6.75. The second kappa shape index (κ2) is 22.0. The van der Waals surface area contributed by atoms with Crippen molar-refractivity contribution in [2.45, 2.75) is 38.9 Å². The number of thioether (sulfide) groups is 4. The van der Waals surface area contributed by atoms with Gasteiger partial charge in [-0.15, -0.1) is 0 Å². The zero-order chi connectivity index (χ0) is 36.5. The van der Waals surface area contributed by atoms with Crippen LogP contribution in [-0.2, 0) is 38.0 Å². The summed E-state index contributed by atoms with van der Waals surface area (Å²) in [5.74, 6) is 0.617. The van der Waals surface area contributed by atoms with E-state index in [0.29, 0.717) is 23.0 Å². The molecule has 2 aliphatic rings. The quantitative estimate of drug-likeness (QED) is 0.107. The molecule has 0 spiro atoms. The monoisotopic (exact) mass is 770 g/mol. The minimum absolute atomic E-state index is 0.151. The van der Waals surface area contributed by atoms with Crippen molar-refractivity contribution in [1.29, 1.82) is 0 Å². The van der Waals surface area contributed by atoms with E-state index in [-0.39, 0.29) is 48.7 Å². The van der Waals surface area contributed by atoms with Crippen LogP contribution in [0.15, 0.2) is 36.4 Å². The van der Waals surface area contributed by atoms with Crippen molar-refractivity contribution in [3.63, 3.8) is 0 Å². The van der Waals surface area contributed by atoms with Gasteiger partial charge in [-0.2, -0.15) is 47.0 Å². The fourth-order valence-corrected chi connectivity index (χ4v) is 8.78. The van der Waals surface area contributed by atoms with Gasteiger partial charge in [0.15, 0.2) is 0 Å². The number of carbonyl (C=O) groups is 6. The fraction of sp³-hybridized carbons (Fsp3) is 0.529. The lowest BCUT2D eigenvalue weighted by molar-refractivity contribution is -0.140. The minimum Gasteiger partial charge on any atom is -0.459 e. The van der Waals surface area contributed by atoms with Gasteiger partial charge in [0.1, 0.15) is 38.6 Å². The van der Waals surface area contributed by atoms with Crippen LogP contribution in [0, 0.1) is 0 Å². The van der Waals surface area contributed by atoms with Crippen LogP contribution in [0.3, 0.4) is 0 Å². The maximum absolute atomic E-state index is 13.8. The van der Waals surface area contributed by atoms with E-state index in [1.54, 1.807) is 47.0 Å². The Balaban J connectivity index is 1.97. The lowest BCUT2D eigenvalue weighted by Crippen LogP contribution is -2.29. The predicted molar refractivity (Wildman–Crippen MR) is 195 cm³/mol. The van der Waals surface area contributed by atoms with Crippen molar-refractivity contribution in [3.8, 4) is 0 Å². The smallest absolute Gasteiger partial charge is 0.339 e. The molecule has 3 rings (SSSR count). The second-order valence-electron chi connectivity index (χ2n) is 11.1. The highest BCUT2D eigenvalue weighted by Crippen LogP contribution is 2.26. The molecule has 2 heterocycles. The van der Waals surface area contributed by atoms with Gasteiger partial charge in [-0.05, 0) is 61.8 Å². The molecule has 0 aliphatic carbocycles. The Bertz CT molecular complexity index is 1310. The van der Waals surface area contributed by atoms with E-state index in [1.807, 2.05) is 0 Å². The van der Waals surface area contributed by atoms with E-state index in [2.05, 4.69) is 13.2 Å². The summed E-state index contributed by atoms with van der Waals surface area (Å²) in [5.41, 5.74) is -1.07. The summed E-state index contributed by atoms with van der Waals surface area (Å²) < 4.78 is 32.2. The molecule has 1 aromatic carbocycles. The van der Waals surface area contributed by atoms with Crippen LogP contribution in [0.2, 0.25) is 0 Å². The van der Waals surface area contributed by atoms with Crippen molar-refractivity contribution >= 4 is 82.9 Å². The Kier molecular flexibility index (Phi) is 18.2. The molecule has 0 atom stereocenters. The van der Waals surface area contributed by atoms with E-state index in [9.17, 15) is 28.8 Å². The molecular formula is C34H42O12S4. The average Bonchev–Trinajstić information content (AvgIpc) is 3.06. The molecule has 0 N–H and O–H groups in total. The Hall–Kier alpha value is -3.08. The maximum Gasteiger partial charge on any atom is 0.339 e. The van der Waals surface area contributed by atoms with Crippen LogP contribution >= 0.6 is 47.0 Å². The molecule has 50 heavy (non-hydrogen) atoms. The first kappa shape index (κ1) is 41.3. The molecule has 12 nitrogen and oxygen atoms in total. The van der Waals surface area contributed by atoms with E-state index in [4.69, 9.17) is 28.4 Å². The van der Waals surface area contributed by atoms with Crippen LogP contribution in [0.5, 0.6) is 0 Å². The van der Waals surface area contributed by atoms with Crippen molar-refractivity contribution in [1.82, 2.24) is 0 Å². The van der Waals surface area contributed by atoms with Crippen LogP contribution in [0.4, 0.5) is 0 Å². The van der Waals surface area contributed by atoms with E-state index in [1.165, 1.54) is 13.8 Å². The van der Waals surface area contributed by atoms with E-state index < -0.39 is 59.2 Å². The predicted octanol–water partition coefficient (Wildman–Crippen LogP) is 5.03. The summed E-state index contributed by atoms with van der Waals surface area (Å²) in [7, 11) is 0. The zero-order valence-electron chi connectivity index (χ0n) is 28.2. The molecule has 16 heteroatoms. The van der Waals surface area contributed by atoms with Gasteiger partial charge in [0.05, 0.1) is 22.3 Å². The van der Waals surface area contributed by atoms with Gasteiger partial charge in [-0.25, -0.2) is 28.8 Å². The van der Waals surface area contributed by atoms with Crippen molar-refractivity contribution in [3.05, 3.63) is 58.7 Å². The number of benzene rings is 1. The molecule has 0 aromatic heterocycles. The summed E-state index contributed by atoms with van der Waals surface area (Å²) in [5, 5.41) is 0. The topological polar surface area (TPSA) is 158 Å². The standard InChI is InChI=1S/C34H42O12S4/c1-21(2)29(35)41-7-9-43-31(37)25-15-27(33(39)45-23-17-47-11-5-12-48-18-23)28(34(40)46-24-19-49-13-6-14-50-20-24)16-26(25)32(38)44-10-8-42-30(36)22(3)4/h15-16,23-24H,1,3,5-14,17-20H2,2,4H3. The van der Waals surface area contributed by atoms with Crippen LogP contribution in [0.1, 0.15) is 68.1 Å². The largest absolute Gasteiger partial charge is 0.459 e. The van der Waals surface area contributed by atoms with Crippen LogP contribution in [-0.4, -0.2) is 120 Å². The Labute approximate surface area is 308 Å². The van der Waals surface area contributed by atoms with Gasteiger partial charge in [-0.1, -0.05) is 13.2 Å². The van der Waals surface area contributed by atoms with Gasteiger partial charge in [0, 0.05) is 34.2 Å². The molecule has 0 radical (unpaired) electrons. The van der Waals surface area contributed by atoms with Gasteiger partial charge < -0.3 is 28.4 Å². The number of ether oxygens (including phenoxy) is 6. The summed E-state index contributed by atoms with van der Waals surface area (Å²) in [6.45, 7) is 8.51. The van der Waals surface area contributed by atoms with Crippen LogP contribution in [0.25, 0.3) is 0 Å². The Morgan fingerprint density at radius 3 is 1.16 bits per heavy atom. The lowest BCUT2D eigenvalue weighted by Gasteiger charge is -2.22. The first-order valence-electron chi connectivity index (χ1n) is 15.9. The minimum atomic E-state index is -1.06. The van der Waals surface area contributed by atoms with E-state index in [0.717, 1.165) is 48.0 Å². The van der Waals surface area contributed by atoms with Gasteiger partial charge in [-0.3, -0.25) is 0 Å². The zero-order valence-corrected chi connectivity index (χ0v) is 31.4. The Morgan fingerprint density at radius 2 is 0.840 bits per heavy atom. The average molecular weight is 771 g/mol. The highest BCUT2D eigenvalue weighted by Gasteiger charge is 2.31. The normalized spacial score (nSPS) is 15.9. The number of hydrogen-bond acceptors (Lipinski definition) is 16. The van der Waals surface area contributed by atoms with Gasteiger partial charge in [0.25, 0.3) is 0 Å². The number of rotatable bonds is 14. The summed E-state index contributed by atoms with van der Waals surface area (Å²) in [6.07, 6.45) is 1.14. The SMILES string of the molecule is C=C(C)C(=O)OCCOC(=O)c1cc(C(=O)OC2CSCCCSC2)c(C(=O)OC2CSCCCSC2)cc1C(=O)OCCOC(=O)C(=C)C. The summed E-state index contributed by atoms with van der Waals surface area (Å²) in [4.78, 5) is 77.9. The molecule has 0 saturated carbocycles. The van der Waals surface area contributed by atoms with Gasteiger partial charge in [0.2, 0.25) is 0 Å². The van der Waals surface area contributed by atoms with Crippen molar-refractivity contribution in [2.75, 3.05) is 72.5 Å². The molecule has 0 amide bonds. The third kappa shape index (κ3) is 13.9. The lowest BCUT2D eigenvalue weighted by atomic mass is 9.97. The number of hydrogen-bond donors (Lipinski definition) is 0. The second-order valence-corrected chi connectivity index (χ2v) is 15.7. The molecule has 0 unspecified atom stereocenters. The van der Waals surface area contributed by atoms with Crippen molar-refractivity contribution in [2.24, 2.45) is 0 Å². The number of carbonyl (C=O) groups excluding carboxylic acids is 6. The first-order valence-corrected chi connectivity index (χ1v) is 20.5.